The van der Waals surface area contributed by atoms with Gasteiger partial charge in [-0.1, -0.05) is 12.8 Å². The minimum absolute atomic E-state index is 0.131. The largest absolute Gasteiger partial charge is 0.494 e. The molecule has 6 heteroatoms. The molecule has 0 unspecified atom stereocenters. The third-order valence-electron chi connectivity index (χ3n) is 5.24. The van der Waals surface area contributed by atoms with Crippen LogP contribution >= 0.6 is 12.2 Å². The molecule has 2 N–H and O–H groups in total. The van der Waals surface area contributed by atoms with E-state index in [4.69, 9.17) is 17.0 Å². The molecule has 27 heavy (non-hydrogen) atoms. The second-order valence-corrected chi connectivity index (χ2v) is 7.23. The van der Waals surface area contributed by atoms with Crippen molar-refractivity contribution in [3.05, 3.63) is 60.6 Å². The van der Waals surface area contributed by atoms with Crippen molar-refractivity contribution in [1.29, 1.82) is 0 Å². The summed E-state index contributed by atoms with van der Waals surface area (Å²) in [6.07, 6.45) is 9.95. The van der Waals surface area contributed by atoms with E-state index in [1.807, 2.05) is 36.7 Å². The Morgan fingerprint density at radius 1 is 1.07 bits per heavy atom. The number of aromatic nitrogens is 2. The predicted octanol–water partition coefficient (Wildman–Crippen LogP) is 4.39. The van der Waals surface area contributed by atoms with Crippen molar-refractivity contribution in [2.24, 2.45) is 0 Å². The van der Waals surface area contributed by atoms with Crippen LogP contribution in [0.25, 0.3) is 10.9 Å². The molecular weight excluding hydrogens is 356 g/mol. The normalized spacial score (nSPS) is 15.4. The molecule has 2 aromatic heterocycles. The van der Waals surface area contributed by atoms with E-state index in [9.17, 15) is 0 Å². The van der Waals surface area contributed by atoms with Crippen LogP contribution in [-0.4, -0.2) is 22.2 Å². The third-order valence-corrected chi connectivity index (χ3v) is 5.45. The summed E-state index contributed by atoms with van der Waals surface area (Å²) in [5.74, 6) is 0.749. The van der Waals surface area contributed by atoms with Crippen LogP contribution < -0.4 is 15.4 Å². The van der Waals surface area contributed by atoms with E-state index in [1.54, 1.807) is 13.3 Å². The average Bonchev–Trinajstić information content (AvgIpc) is 3.18. The van der Waals surface area contributed by atoms with E-state index >= 15 is 0 Å². The number of fused-ring (bicyclic) bond motifs is 1. The van der Waals surface area contributed by atoms with E-state index in [1.165, 1.54) is 18.4 Å². The minimum Gasteiger partial charge on any atom is -0.494 e. The standard InChI is InChI=1S/C21H22N4OS/c1-26-18-7-6-17(16-5-4-12-23-19(16)18)24-20(27)25-21(10-2-3-11-21)15-8-13-22-14-9-15/h4-9,12-14H,2-3,10-11H2,1H3,(H2,24,25,27). The lowest BCUT2D eigenvalue weighted by atomic mass is 9.89. The molecule has 0 amide bonds. The van der Waals surface area contributed by atoms with Crippen molar-refractivity contribution in [2.45, 2.75) is 31.2 Å². The number of nitrogens with zero attached hydrogens (tertiary/aromatic N) is 2. The van der Waals surface area contributed by atoms with Crippen LogP contribution in [0.4, 0.5) is 5.69 Å². The van der Waals surface area contributed by atoms with Gasteiger partial charge in [0.1, 0.15) is 11.3 Å². The van der Waals surface area contributed by atoms with Crippen LogP contribution in [-0.2, 0) is 5.54 Å². The Morgan fingerprint density at radius 2 is 1.85 bits per heavy atom. The molecule has 1 aliphatic rings. The maximum absolute atomic E-state index is 5.68. The highest BCUT2D eigenvalue weighted by atomic mass is 32.1. The van der Waals surface area contributed by atoms with Gasteiger partial charge in [0.2, 0.25) is 0 Å². The molecule has 1 aliphatic carbocycles. The molecule has 0 aliphatic heterocycles. The van der Waals surface area contributed by atoms with Crippen molar-refractivity contribution < 1.29 is 4.74 Å². The number of pyridine rings is 2. The number of thiocarbonyl (C=S) groups is 1. The first-order valence-corrected chi connectivity index (χ1v) is 9.54. The van der Waals surface area contributed by atoms with Gasteiger partial charge >= 0.3 is 0 Å². The monoisotopic (exact) mass is 378 g/mol. The van der Waals surface area contributed by atoms with Gasteiger partial charge in [-0.15, -0.1) is 0 Å². The van der Waals surface area contributed by atoms with Gasteiger partial charge in [0.05, 0.1) is 12.6 Å². The molecule has 0 atom stereocenters. The number of benzene rings is 1. The summed E-state index contributed by atoms with van der Waals surface area (Å²) in [7, 11) is 1.65. The molecule has 0 radical (unpaired) electrons. The highest BCUT2D eigenvalue weighted by Gasteiger charge is 2.36. The van der Waals surface area contributed by atoms with Gasteiger partial charge in [0.15, 0.2) is 5.11 Å². The molecule has 5 nitrogen and oxygen atoms in total. The number of hydrogen-bond acceptors (Lipinski definition) is 4. The number of rotatable bonds is 4. The Bertz CT molecular complexity index is 955. The minimum atomic E-state index is -0.131. The lowest BCUT2D eigenvalue weighted by Gasteiger charge is -2.32. The molecule has 3 aromatic rings. The zero-order valence-corrected chi connectivity index (χ0v) is 16.1. The molecule has 1 aromatic carbocycles. The molecule has 138 valence electrons. The van der Waals surface area contributed by atoms with Crippen molar-refractivity contribution in [3.8, 4) is 5.75 Å². The van der Waals surface area contributed by atoms with Crippen molar-refractivity contribution in [2.75, 3.05) is 12.4 Å². The predicted molar refractivity (Wildman–Crippen MR) is 112 cm³/mol. The number of anilines is 1. The fourth-order valence-electron chi connectivity index (χ4n) is 3.93. The Kier molecular flexibility index (Phi) is 4.90. The van der Waals surface area contributed by atoms with Crippen molar-refractivity contribution >= 4 is 33.9 Å². The number of hydrogen-bond donors (Lipinski definition) is 2. The van der Waals surface area contributed by atoms with E-state index < -0.39 is 0 Å². The number of ether oxygens (including phenoxy) is 1. The topological polar surface area (TPSA) is 59.1 Å². The summed E-state index contributed by atoms with van der Waals surface area (Å²) in [6, 6.07) is 12.0. The SMILES string of the molecule is COc1ccc(NC(=S)NC2(c3ccncc3)CCCC2)c2cccnc12. The Labute approximate surface area is 164 Å². The zero-order valence-electron chi connectivity index (χ0n) is 15.2. The van der Waals surface area contributed by atoms with Crippen LogP contribution in [0, 0.1) is 0 Å². The maximum Gasteiger partial charge on any atom is 0.171 e. The maximum atomic E-state index is 5.68. The highest BCUT2D eigenvalue weighted by Crippen LogP contribution is 2.38. The van der Waals surface area contributed by atoms with E-state index in [-0.39, 0.29) is 5.54 Å². The molecule has 0 bridgehead atoms. The molecule has 0 spiro atoms. The van der Waals surface area contributed by atoms with E-state index in [0.717, 1.165) is 35.2 Å². The zero-order chi connectivity index (χ0) is 18.7. The van der Waals surface area contributed by atoms with Crippen LogP contribution in [0.15, 0.2) is 55.0 Å². The molecule has 1 saturated carbocycles. The van der Waals surface area contributed by atoms with Crippen LogP contribution in [0.1, 0.15) is 31.2 Å². The van der Waals surface area contributed by atoms with E-state index in [2.05, 4.69) is 32.7 Å². The quantitative estimate of drug-likeness (QED) is 0.657. The Balaban J connectivity index is 1.60. The van der Waals surface area contributed by atoms with Crippen molar-refractivity contribution in [1.82, 2.24) is 15.3 Å². The summed E-state index contributed by atoms with van der Waals surface area (Å²) in [6.45, 7) is 0. The van der Waals surface area contributed by atoms with Gasteiger partial charge in [-0.2, -0.15) is 0 Å². The molecule has 0 saturated heterocycles. The lowest BCUT2D eigenvalue weighted by Crippen LogP contribution is -2.45. The third kappa shape index (κ3) is 3.45. The summed E-state index contributed by atoms with van der Waals surface area (Å²) < 4.78 is 5.42. The fraction of sp³-hybridized carbons (Fsp3) is 0.286. The second kappa shape index (κ2) is 7.48. The van der Waals surface area contributed by atoms with E-state index in [0.29, 0.717) is 5.11 Å². The molecule has 2 heterocycles. The van der Waals surface area contributed by atoms with Crippen LogP contribution in [0.5, 0.6) is 5.75 Å². The van der Waals surface area contributed by atoms with Crippen LogP contribution in [0.2, 0.25) is 0 Å². The van der Waals surface area contributed by atoms with Gasteiger partial charge in [-0.25, -0.2) is 0 Å². The van der Waals surface area contributed by atoms with Gasteiger partial charge < -0.3 is 15.4 Å². The fourth-order valence-corrected chi connectivity index (χ4v) is 4.23. The first kappa shape index (κ1) is 17.7. The first-order chi connectivity index (χ1) is 13.2. The summed E-state index contributed by atoms with van der Waals surface area (Å²) >= 11 is 5.68. The first-order valence-electron chi connectivity index (χ1n) is 9.13. The molecule has 1 fully saturated rings. The van der Waals surface area contributed by atoms with Gasteiger partial charge in [-0.05, 0) is 67.0 Å². The number of nitrogens with one attached hydrogen (secondary N) is 2. The van der Waals surface area contributed by atoms with Crippen molar-refractivity contribution in [3.63, 3.8) is 0 Å². The van der Waals surface area contributed by atoms with Crippen LogP contribution in [0.3, 0.4) is 0 Å². The number of methoxy groups -OCH3 is 1. The highest BCUT2D eigenvalue weighted by molar-refractivity contribution is 7.80. The smallest absolute Gasteiger partial charge is 0.171 e. The summed E-state index contributed by atoms with van der Waals surface area (Å²) in [4.78, 5) is 8.60. The Hall–Kier alpha value is -2.73. The average molecular weight is 379 g/mol. The van der Waals surface area contributed by atoms with Gasteiger partial charge in [-0.3, -0.25) is 9.97 Å². The van der Waals surface area contributed by atoms with Gasteiger partial charge in [0.25, 0.3) is 0 Å². The summed E-state index contributed by atoms with van der Waals surface area (Å²) in [5, 5.41) is 8.55. The van der Waals surface area contributed by atoms with Gasteiger partial charge in [0, 0.05) is 29.7 Å². The molecule has 4 rings (SSSR count). The summed E-state index contributed by atoms with van der Waals surface area (Å²) in [5.41, 5.74) is 2.84. The molecular formula is C21H22N4OS. The Morgan fingerprint density at radius 3 is 2.59 bits per heavy atom. The lowest BCUT2D eigenvalue weighted by molar-refractivity contribution is 0.408. The second-order valence-electron chi connectivity index (χ2n) is 6.82.